The summed E-state index contributed by atoms with van der Waals surface area (Å²) in [6, 6.07) is 14.2. The maximum atomic E-state index is 12.9. The van der Waals surface area contributed by atoms with Gasteiger partial charge < -0.3 is 19.5 Å². The smallest absolute Gasteiger partial charge is 0.413 e. The van der Waals surface area contributed by atoms with Crippen molar-refractivity contribution in [3.8, 4) is 22.8 Å². The van der Waals surface area contributed by atoms with Gasteiger partial charge in [-0.3, -0.25) is 10.1 Å². The van der Waals surface area contributed by atoms with Gasteiger partial charge >= 0.3 is 6.09 Å². The number of hydrogen-bond donors (Lipinski definition) is 2. The number of rotatable bonds is 7. The van der Waals surface area contributed by atoms with E-state index in [1.54, 1.807) is 25.1 Å². The van der Waals surface area contributed by atoms with E-state index in [1.165, 1.54) is 14.2 Å². The van der Waals surface area contributed by atoms with Crippen LogP contribution in [0.15, 0.2) is 48.5 Å². The molecule has 8 nitrogen and oxygen atoms in total. The predicted octanol–water partition coefficient (Wildman–Crippen LogP) is 4.65. The van der Waals surface area contributed by atoms with E-state index in [0.717, 1.165) is 16.9 Å². The molecule has 0 aliphatic rings. The second kappa shape index (κ2) is 9.75. The Kier molecular flexibility index (Phi) is 6.87. The van der Waals surface area contributed by atoms with E-state index in [-0.39, 0.29) is 12.5 Å². The number of nitrogens with one attached hydrogen (secondary N) is 2. The summed E-state index contributed by atoms with van der Waals surface area (Å²) < 4.78 is 15.4. The lowest BCUT2D eigenvalue weighted by molar-refractivity contribution is 0.102. The van der Waals surface area contributed by atoms with Crippen LogP contribution in [0.2, 0.25) is 0 Å². The number of benzene rings is 2. The Morgan fingerprint density at radius 2 is 1.73 bits per heavy atom. The molecule has 30 heavy (non-hydrogen) atoms. The third-order valence-electron chi connectivity index (χ3n) is 4.03. The lowest BCUT2D eigenvalue weighted by Gasteiger charge is -2.10. The van der Waals surface area contributed by atoms with Crippen molar-refractivity contribution in [3.63, 3.8) is 0 Å². The van der Waals surface area contributed by atoms with Gasteiger partial charge in [0.1, 0.15) is 10.7 Å². The largest absolute Gasteiger partial charge is 0.493 e. The molecule has 2 N–H and O–H groups in total. The van der Waals surface area contributed by atoms with Gasteiger partial charge in [0.2, 0.25) is 0 Å². The molecule has 0 bridgehead atoms. The highest BCUT2D eigenvalue weighted by atomic mass is 32.1. The molecule has 3 rings (SSSR count). The van der Waals surface area contributed by atoms with Crippen molar-refractivity contribution >= 4 is 33.5 Å². The SMILES string of the molecule is CCOC(=O)Nc1nc(-c2ccccc2)c(NC(=O)c2ccc(OC)c(OC)c2)s1. The van der Waals surface area contributed by atoms with Crippen molar-refractivity contribution in [2.45, 2.75) is 6.92 Å². The van der Waals surface area contributed by atoms with Crippen LogP contribution in [0.1, 0.15) is 17.3 Å². The Morgan fingerprint density at radius 1 is 1.00 bits per heavy atom. The first-order valence-electron chi connectivity index (χ1n) is 9.09. The lowest BCUT2D eigenvalue weighted by atomic mass is 10.1. The van der Waals surface area contributed by atoms with E-state index >= 15 is 0 Å². The second-order valence-corrected chi connectivity index (χ2v) is 6.93. The molecule has 9 heteroatoms. The molecule has 0 atom stereocenters. The minimum absolute atomic E-state index is 0.242. The van der Waals surface area contributed by atoms with Crippen molar-refractivity contribution in [2.75, 3.05) is 31.5 Å². The number of aromatic nitrogens is 1. The first-order valence-corrected chi connectivity index (χ1v) is 9.90. The molecule has 3 aromatic rings. The molecular formula is C21H21N3O5S. The van der Waals surface area contributed by atoms with Crippen LogP contribution in [-0.4, -0.2) is 37.8 Å². The molecule has 0 spiro atoms. The molecule has 0 saturated carbocycles. The minimum Gasteiger partial charge on any atom is -0.493 e. The number of amides is 2. The number of ether oxygens (including phenoxy) is 3. The summed E-state index contributed by atoms with van der Waals surface area (Å²) in [6.07, 6.45) is -0.608. The molecule has 0 saturated heterocycles. The van der Waals surface area contributed by atoms with Crippen molar-refractivity contribution in [1.29, 1.82) is 0 Å². The van der Waals surface area contributed by atoms with Gasteiger partial charge in [-0.05, 0) is 25.1 Å². The van der Waals surface area contributed by atoms with Crippen molar-refractivity contribution in [2.24, 2.45) is 0 Å². The average Bonchev–Trinajstić information content (AvgIpc) is 3.15. The van der Waals surface area contributed by atoms with Crippen LogP contribution in [0, 0.1) is 0 Å². The van der Waals surface area contributed by atoms with Crippen LogP contribution in [0.25, 0.3) is 11.3 Å². The summed E-state index contributed by atoms with van der Waals surface area (Å²) in [5.41, 5.74) is 1.73. The third kappa shape index (κ3) is 4.87. The number of anilines is 2. The highest BCUT2D eigenvalue weighted by Crippen LogP contribution is 2.36. The summed E-state index contributed by atoms with van der Waals surface area (Å²) >= 11 is 1.14. The average molecular weight is 427 g/mol. The van der Waals surface area contributed by atoms with Crippen LogP contribution >= 0.6 is 11.3 Å². The fraction of sp³-hybridized carbons (Fsp3) is 0.190. The number of thiazole rings is 1. The Hall–Kier alpha value is -3.59. The molecule has 1 heterocycles. The topological polar surface area (TPSA) is 98.8 Å². The fourth-order valence-electron chi connectivity index (χ4n) is 2.66. The number of carbonyl (C=O) groups is 2. The number of nitrogens with zero attached hydrogens (tertiary/aromatic N) is 1. The Labute approximate surface area is 177 Å². The molecule has 1 aromatic heterocycles. The molecule has 156 valence electrons. The monoisotopic (exact) mass is 427 g/mol. The highest BCUT2D eigenvalue weighted by molar-refractivity contribution is 7.20. The van der Waals surface area contributed by atoms with Crippen LogP contribution < -0.4 is 20.1 Å². The summed E-state index contributed by atoms with van der Waals surface area (Å²) in [5, 5.41) is 6.25. The quantitative estimate of drug-likeness (QED) is 0.570. The van der Waals surface area contributed by atoms with Gasteiger partial charge in [-0.2, -0.15) is 0 Å². The molecular weight excluding hydrogens is 406 g/mol. The van der Waals surface area contributed by atoms with E-state index < -0.39 is 6.09 Å². The summed E-state index contributed by atoms with van der Waals surface area (Å²) in [6.45, 7) is 1.96. The zero-order valence-corrected chi connectivity index (χ0v) is 17.5. The van der Waals surface area contributed by atoms with E-state index in [0.29, 0.717) is 32.9 Å². The molecule has 0 unspecified atom stereocenters. The Bertz CT molecular complexity index is 1040. The van der Waals surface area contributed by atoms with E-state index in [4.69, 9.17) is 14.2 Å². The summed E-state index contributed by atoms with van der Waals surface area (Å²) in [5.74, 6) is 0.625. The summed E-state index contributed by atoms with van der Waals surface area (Å²) in [7, 11) is 3.03. The molecule has 2 amide bonds. The molecule has 0 fully saturated rings. The first-order chi connectivity index (χ1) is 14.5. The molecule has 2 aromatic carbocycles. The Morgan fingerprint density at radius 3 is 2.40 bits per heavy atom. The molecule has 0 radical (unpaired) electrons. The van der Waals surface area contributed by atoms with Gasteiger partial charge in [-0.1, -0.05) is 41.7 Å². The van der Waals surface area contributed by atoms with Crippen LogP contribution in [0.5, 0.6) is 11.5 Å². The fourth-order valence-corrected chi connectivity index (χ4v) is 3.53. The van der Waals surface area contributed by atoms with Crippen molar-refractivity contribution in [3.05, 3.63) is 54.1 Å². The summed E-state index contributed by atoms with van der Waals surface area (Å²) in [4.78, 5) is 29.1. The standard InChI is InChI=1S/C21H21N3O5S/c1-4-29-21(26)24-20-22-17(13-8-6-5-7-9-13)19(30-20)23-18(25)14-10-11-15(27-2)16(12-14)28-3/h5-12H,4H2,1-3H3,(H,23,25)(H,22,24,26). The van der Waals surface area contributed by atoms with E-state index in [9.17, 15) is 9.59 Å². The van der Waals surface area contributed by atoms with Crippen molar-refractivity contribution < 1.29 is 23.8 Å². The number of methoxy groups -OCH3 is 2. The van der Waals surface area contributed by atoms with E-state index in [1.807, 2.05) is 30.3 Å². The van der Waals surface area contributed by atoms with Gasteiger partial charge in [0, 0.05) is 11.1 Å². The predicted molar refractivity (Wildman–Crippen MR) is 116 cm³/mol. The molecule has 0 aliphatic heterocycles. The van der Waals surface area contributed by atoms with Gasteiger partial charge in [0.05, 0.1) is 20.8 Å². The van der Waals surface area contributed by atoms with Crippen molar-refractivity contribution in [1.82, 2.24) is 4.98 Å². The molecule has 0 aliphatic carbocycles. The van der Waals surface area contributed by atoms with Gasteiger partial charge in [-0.25, -0.2) is 9.78 Å². The number of carbonyl (C=O) groups excluding carboxylic acids is 2. The van der Waals surface area contributed by atoms with Crippen LogP contribution in [0.3, 0.4) is 0 Å². The third-order valence-corrected chi connectivity index (χ3v) is 4.92. The zero-order chi connectivity index (χ0) is 21.5. The van der Waals surface area contributed by atoms with Crippen LogP contribution in [0.4, 0.5) is 14.9 Å². The Balaban J connectivity index is 1.91. The van der Waals surface area contributed by atoms with Gasteiger partial charge in [0.15, 0.2) is 16.6 Å². The van der Waals surface area contributed by atoms with E-state index in [2.05, 4.69) is 15.6 Å². The second-order valence-electron chi connectivity index (χ2n) is 5.93. The lowest BCUT2D eigenvalue weighted by Crippen LogP contribution is -2.12. The van der Waals surface area contributed by atoms with Gasteiger partial charge in [-0.15, -0.1) is 0 Å². The van der Waals surface area contributed by atoms with Gasteiger partial charge in [0.25, 0.3) is 5.91 Å². The maximum absolute atomic E-state index is 12.9. The zero-order valence-electron chi connectivity index (χ0n) is 16.7. The highest BCUT2D eigenvalue weighted by Gasteiger charge is 2.19. The first kappa shape index (κ1) is 21.1. The normalized spacial score (nSPS) is 10.2. The minimum atomic E-state index is -0.608. The van der Waals surface area contributed by atoms with Crippen LogP contribution in [-0.2, 0) is 4.74 Å². The maximum Gasteiger partial charge on any atom is 0.413 e. The number of hydrogen-bond acceptors (Lipinski definition) is 7.